The average Bonchev–Trinajstić information content (AvgIpc) is 2.47. The number of amides is 1. The van der Waals surface area contributed by atoms with E-state index in [0.29, 0.717) is 30.2 Å². The molecule has 3 N–H and O–H groups in total. The lowest BCUT2D eigenvalue weighted by Gasteiger charge is -2.11. The number of ether oxygens (including phenoxy) is 1. The van der Waals surface area contributed by atoms with Gasteiger partial charge in [0, 0.05) is 12.2 Å². The van der Waals surface area contributed by atoms with Crippen LogP contribution >= 0.6 is 0 Å². The van der Waals surface area contributed by atoms with Crippen molar-refractivity contribution in [3.8, 4) is 5.75 Å². The van der Waals surface area contributed by atoms with Crippen molar-refractivity contribution in [2.75, 3.05) is 12.3 Å². The Morgan fingerprint density at radius 3 is 2.60 bits per heavy atom. The van der Waals surface area contributed by atoms with Crippen molar-refractivity contribution in [2.45, 2.75) is 13.5 Å². The van der Waals surface area contributed by atoms with Crippen LogP contribution in [0.25, 0.3) is 0 Å². The number of carbonyl (C=O) groups is 1. The molecule has 0 unspecified atom stereocenters. The smallest absolute Gasteiger partial charge is 0.255 e. The highest BCUT2D eigenvalue weighted by molar-refractivity contribution is 5.96. The van der Waals surface area contributed by atoms with Crippen LogP contribution in [-0.4, -0.2) is 12.5 Å². The predicted molar refractivity (Wildman–Crippen MR) is 79.6 cm³/mol. The molecule has 2 aromatic carbocycles. The molecule has 0 spiro atoms. The fourth-order valence-corrected chi connectivity index (χ4v) is 1.90. The van der Waals surface area contributed by atoms with E-state index in [-0.39, 0.29) is 5.91 Å². The maximum Gasteiger partial charge on any atom is 0.255 e. The zero-order chi connectivity index (χ0) is 14.4. The first-order valence-electron chi connectivity index (χ1n) is 6.55. The Balaban J connectivity index is 2.07. The first-order valence-corrected chi connectivity index (χ1v) is 6.55. The SMILES string of the molecule is CCOc1ccccc1C(=O)NCc1ccccc1N. The van der Waals surface area contributed by atoms with Gasteiger partial charge in [-0.3, -0.25) is 4.79 Å². The van der Waals surface area contributed by atoms with E-state index in [9.17, 15) is 4.79 Å². The second-order valence-electron chi connectivity index (χ2n) is 4.31. The van der Waals surface area contributed by atoms with E-state index >= 15 is 0 Å². The van der Waals surface area contributed by atoms with Gasteiger partial charge in [-0.1, -0.05) is 30.3 Å². The highest BCUT2D eigenvalue weighted by Crippen LogP contribution is 2.18. The highest BCUT2D eigenvalue weighted by Gasteiger charge is 2.11. The number of nitrogens with one attached hydrogen (secondary N) is 1. The van der Waals surface area contributed by atoms with Crippen LogP contribution in [0.5, 0.6) is 5.75 Å². The molecule has 0 fully saturated rings. The van der Waals surface area contributed by atoms with E-state index in [2.05, 4.69) is 5.32 Å². The highest BCUT2D eigenvalue weighted by atomic mass is 16.5. The second kappa shape index (κ2) is 6.61. The normalized spacial score (nSPS) is 10.1. The molecule has 0 radical (unpaired) electrons. The third-order valence-corrected chi connectivity index (χ3v) is 2.93. The lowest BCUT2D eigenvalue weighted by molar-refractivity contribution is 0.0947. The molecule has 0 saturated carbocycles. The standard InChI is InChI=1S/C16H18N2O2/c1-2-20-15-10-6-4-8-13(15)16(19)18-11-12-7-3-5-9-14(12)17/h3-10H,2,11,17H2,1H3,(H,18,19). The number of rotatable bonds is 5. The van der Waals surface area contributed by atoms with E-state index in [1.54, 1.807) is 12.1 Å². The minimum atomic E-state index is -0.169. The van der Waals surface area contributed by atoms with E-state index in [4.69, 9.17) is 10.5 Å². The van der Waals surface area contributed by atoms with Crippen molar-refractivity contribution in [2.24, 2.45) is 0 Å². The molecule has 0 aliphatic carbocycles. The van der Waals surface area contributed by atoms with Crippen LogP contribution in [0.2, 0.25) is 0 Å². The van der Waals surface area contributed by atoms with Gasteiger partial charge in [-0.2, -0.15) is 0 Å². The summed E-state index contributed by atoms with van der Waals surface area (Å²) in [5, 5.41) is 2.86. The Kier molecular flexibility index (Phi) is 4.60. The monoisotopic (exact) mass is 270 g/mol. The fourth-order valence-electron chi connectivity index (χ4n) is 1.90. The van der Waals surface area contributed by atoms with Crippen molar-refractivity contribution in [1.29, 1.82) is 0 Å². The number of benzene rings is 2. The molecule has 0 atom stereocenters. The lowest BCUT2D eigenvalue weighted by Crippen LogP contribution is -2.24. The van der Waals surface area contributed by atoms with Crippen molar-refractivity contribution in [3.63, 3.8) is 0 Å². The van der Waals surface area contributed by atoms with E-state index < -0.39 is 0 Å². The lowest BCUT2D eigenvalue weighted by atomic mass is 10.1. The van der Waals surface area contributed by atoms with Gasteiger partial charge in [-0.05, 0) is 30.7 Å². The van der Waals surface area contributed by atoms with Crippen LogP contribution in [0.4, 0.5) is 5.69 Å². The average molecular weight is 270 g/mol. The molecule has 0 aliphatic rings. The van der Waals surface area contributed by atoms with Gasteiger partial charge in [0.2, 0.25) is 0 Å². The summed E-state index contributed by atoms with van der Waals surface area (Å²) in [5.41, 5.74) is 7.95. The predicted octanol–water partition coefficient (Wildman–Crippen LogP) is 2.60. The second-order valence-corrected chi connectivity index (χ2v) is 4.31. The van der Waals surface area contributed by atoms with Gasteiger partial charge >= 0.3 is 0 Å². The number of para-hydroxylation sites is 2. The minimum absolute atomic E-state index is 0.169. The summed E-state index contributed by atoms with van der Waals surface area (Å²) >= 11 is 0. The Morgan fingerprint density at radius 1 is 1.15 bits per heavy atom. The first kappa shape index (κ1) is 13.9. The molecule has 0 aliphatic heterocycles. The summed E-state index contributed by atoms with van der Waals surface area (Å²) in [6.45, 7) is 2.81. The zero-order valence-electron chi connectivity index (χ0n) is 11.4. The van der Waals surface area contributed by atoms with Crippen LogP contribution < -0.4 is 15.8 Å². The van der Waals surface area contributed by atoms with Crippen molar-refractivity contribution in [1.82, 2.24) is 5.32 Å². The van der Waals surface area contributed by atoms with Gasteiger partial charge in [0.1, 0.15) is 5.75 Å². The topological polar surface area (TPSA) is 64.3 Å². The van der Waals surface area contributed by atoms with Crippen molar-refractivity contribution < 1.29 is 9.53 Å². The molecule has 0 bridgehead atoms. The molecule has 4 heteroatoms. The molecule has 0 saturated heterocycles. The molecular weight excluding hydrogens is 252 g/mol. The summed E-state index contributed by atoms with van der Waals surface area (Å²) < 4.78 is 5.45. The maximum atomic E-state index is 12.2. The van der Waals surface area contributed by atoms with Crippen LogP contribution in [0.1, 0.15) is 22.8 Å². The third kappa shape index (κ3) is 3.29. The summed E-state index contributed by atoms with van der Waals surface area (Å²) in [6, 6.07) is 14.7. The zero-order valence-corrected chi connectivity index (χ0v) is 11.4. The molecule has 20 heavy (non-hydrogen) atoms. The van der Waals surface area contributed by atoms with Crippen LogP contribution in [0, 0.1) is 0 Å². The molecule has 2 aromatic rings. The van der Waals surface area contributed by atoms with Crippen LogP contribution in [0.3, 0.4) is 0 Å². The molecular formula is C16H18N2O2. The Bertz CT molecular complexity index is 597. The summed E-state index contributed by atoms with van der Waals surface area (Å²) in [5.74, 6) is 0.422. The first-order chi connectivity index (χ1) is 9.72. The number of nitrogens with two attached hydrogens (primary N) is 1. The van der Waals surface area contributed by atoms with E-state index in [0.717, 1.165) is 5.56 Å². The Hall–Kier alpha value is -2.49. The van der Waals surface area contributed by atoms with Gasteiger partial charge < -0.3 is 15.8 Å². The summed E-state index contributed by atoms with van der Waals surface area (Å²) in [6.07, 6.45) is 0. The number of anilines is 1. The maximum absolute atomic E-state index is 12.2. The number of carbonyl (C=O) groups excluding carboxylic acids is 1. The fraction of sp³-hybridized carbons (Fsp3) is 0.188. The molecule has 1 amide bonds. The van der Waals surface area contributed by atoms with Crippen LogP contribution in [0.15, 0.2) is 48.5 Å². The summed E-state index contributed by atoms with van der Waals surface area (Å²) in [4.78, 5) is 12.2. The third-order valence-electron chi connectivity index (χ3n) is 2.93. The molecule has 104 valence electrons. The quantitative estimate of drug-likeness (QED) is 0.821. The number of nitrogen functional groups attached to an aromatic ring is 1. The van der Waals surface area contributed by atoms with Gasteiger partial charge in [-0.25, -0.2) is 0 Å². The summed E-state index contributed by atoms with van der Waals surface area (Å²) in [7, 11) is 0. The van der Waals surface area contributed by atoms with Gasteiger partial charge in [0.25, 0.3) is 5.91 Å². The van der Waals surface area contributed by atoms with E-state index in [1.807, 2.05) is 43.3 Å². The minimum Gasteiger partial charge on any atom is -0.493 e. The Morgan fingerprint density at radius 2 is 1.85 bits per heavy atom. The number of hydrogen-bond acceptors (Lipinski definition) is 3. The van der Waals surface area contributed by atoms with Crippen molar-refractivity contribution in [3.05, 3.63) is 59.7 Å². The van der Waals surface area contributed by atoms with Gasteiger partial charge in [0.05, 0.1) is 12.2 Å². The molecule has 2 rings (SSSR count). The molecule has 4 nitrogen and oxygen atoms in total. The largest absolute Gasteiger partial charge is 0.493 e. The Labute approximate surface area is 118 Å². The molecule has 0 aromatic heterocycles. The van der Waals surface area contributed by atoms with Crippen LogP contribution in [-0.2, 0) is 6.54 Å². The van der Waals surface area contributed by atoms with Crippen molar-refractivity contribution >= 4 is 11.6 Å². The number of hydrogen-bond donors (Lipinski definition) is 2. The van der Waals surface area contributed by atoms with Gasteiger partial charge in [0.15, 0.2) is 0 Å². The van der Waals surface area contributed by atoms with Gasteiger partial charge in [-0.15, -0.1) is 0 Å². The van der Waals surface area contributed by atoms with E-state index in [1.165, 1.54) is 0 Å². The molecule has 0 heterocycles.